The van der Waals surface area contributed by atoms with Gasteiger partial charge in [-0.2, -0.15) is 0 Å². The Labute approximate surface area is 225 Å². The standard InChI is InChI=1S/C36H22OS/c1-2-10-23(11-3-1)26-13-6-7-15-28(26)36-30-17-9-8-16-29(30)35(38-36)25-19-20-32-31(22-25)34-27-14-5-4-12-24(27)18-21-33(34)37-32/h1-2,4-8,10,12-16,18-22H,9,17H2. The molecular weight excluding hydrogens is 480 g/mol. The minimum atomic E-state index is 0.933. The van der Waals surface area contributed by atoms with Crippen LogP contribution in [0.4, 0.5) is 0 Å². The topological polar surface area (TPSA) is 13.1 Å². The first-order chi connectivity index (χ1) is 18.8. The summed E-state index contributed by atoms with van der Waals surface area (Å²) in [4.78, 5) is 2.68. The van der Waals surface area contributed by atoms with Crippen LogP contribution < -0.4 is 0 Å². The van der Waals surface area contributed by atoms with Crippen molar-refractivity contribution < 1.29 is 4.42 Å². The lowest BCUT2D eigenvalue weighted by molar-refractivity contribution is 0.669. The molecule has 0 N–H and O–H groups in total. The zero-order valence-electron chi connectivity index (χ0n) is 20.6. The molecule has 0 spiro atoms. The number of allylic oxidation sites excluding steroid dienone is 1. The highest BCUT2D eigenvalue weighted by Crippen LogP contribution is 2.48. The van der Waals surface area contributed by atoms with Crippen molar-refractivity contribution in [2.75, 3.05) is 0 Å². The van der Waals surface area contributed by atoms with Gasteiger partial charge in [0.1, 0.15) is 11.2 Å². The Morgan fingerprint density at radius 2 is 1.61 bits per heavy atom. The van der Waals surface area contributed by atoms with Gasteiger partial charge in [0.05, 0.1) is 0 Å². The number of thiophene rings is 1. The molecule has 0 atom stereocenters. The third-order valence-electron chi connectivity index (χ3n) is 7.63. The molecule has 8 rings (SSSR count). The van der Waals surface area contributed by atoms with Crippen molar-refractivity contribution in [2.24, 2.45) is 0 Å². The van der Waals surface area contributed by atoms with Crippen molar-refractivity contribution in [3.05, 3.63) is 126 Å². The summed E-state index contributed by atoms with van der Waals surface area (Å²) in [5, 5.41) is 4.84. The van der Waals surface area contributed by atoms with Gasteiger partial charge in [-0.15, -0.1) is 11.3 Å². The van der Waals surface area contributed by atoms with E-state index in [1.54, 1.807) is 0 Å². The van der Waals surface area contributed by atoms with Crippen LogP contribution in [-0.2, 0) is 6.42 Å². The third kappa shape index (κ3) is 3.26. The largest absolute Gasteiger partial charge is 0.456 e. The van der Waals surface area contributed by atoms with Gasteiger partial charge >= 0.3 is 0 Å². The molecule has 0 aliphatic heterocycles. The second-order valence-corrected chi connectivity index (χ2v) is 10.8. The number of hydrogen-bond donors (Lipinski definition) is 0. The van der Waals surface area contributed by atoms with Crippen LogP contribution >= 0.6 is 11.3 Å². The maximum atomic E-state index is 6.29. The maximum Gasteiger partial charge on any atom is 0.136 e. The van der Waals surface area contributed by atoms with Crippen molar-refractivity contribution in [1.29, 1.82) is 0 Å². The Morgan fingerprint density at radius 1 is 0.737 bits per heavy atom. The van der Waals surface area contributed by atoms with Crippen LogP contribution in [0.15, 0.2) is 108 Å². The highest BCUT2D eigenvalue weighted by atomic mass is 32.1. The molecule has 1 aliphatic rings. The van der Waals surface area contributed by atoms with Crippen LogP contribution in [0, 0.1) is 12.1 Å². The summed E-state index contributed by atoms with van der Waals surface area (Å²) in [5.41, 5.74) is 9.47. The molecular formula is C36H22OS. The Hall–Kier alpha value is -4.58. The second-order valence-electron chi connectivity index (χ2n) is 9.82. The van der Waals surface area contributed by atoms with Gasteiger partial charge in [-0.1, -0.05) is 84.9 Å². The molecule has 0 saturated carbocycles. The quantitative estimate of drug-likeness (QED) is 0.234. The van der Waals surface area contributed by atoms with Gasteiger partial charge in [0.15, 0.2) is 0 Å². The minimum absolute atomic E-state index is 0.933. The molecule has 0 amide bonds. The second kappa shape index (κ2) is 8.48. The van der Waals surface area contributed by atoms with Crippen molar-refractivity contribution in [3.8, 4) is 32.0 Å². The Morgan fingerprint density at radius 3 is 2.53 bits per heavy atom. The van der Waals surface area contributed by atoms with Gasteiger partial charge in [-0.3, -0.25) is 0 Å². The molecule has 0 fully saturated rings. The molecule has 1 nitrogen and oxygen atoms in total. The zero-order chi connectivity index (χ0) is 25.1. The van der Waals surface area contributed by atoms with E-state index in [1.807, 2.05) is 23.5 Å². The molecule has 2 heterocycles. The van der Waals surface area contributed by atoms with E-state index < -0.39 is 0 Å². The van der Waals surface area contributed by atoms with E-state index in [4.69, 9.17) is 4.42 Å². The number of furan rings is 1. The average molecular weight is 503 g/mol. The lowest BCUT2D eigenvalue weighted by atomic mass is 9.91. The fraction of sp³-hybridized carbons (Fsp3) is 0.0556. The van der Waals surface area contributed by atoms with Crippen LogP contribution in [0.3, 0.4) is 0 Å². The van der Waals surface area contributed by atoms with E-state index in [2.05, 4.69) is 109 Å². The van der Waals surface area contributed by atoms with Crippen molar-refractivity contribution in [2.45, 2.75) is 12.8 Å². The molecule has 0 bridgehead atoms. The molecule has 2 heteroatoms. The molecule has 0 radical (unpaired) electrons. The predicted octanol–water partition coefficient (Wildman–Crippen LogP) is 10.4. The smallest absolute Gasteiger partial charge is 0.136 e. The first-order valence-corrected chi connectivity index (χ1v) is 13.8. The van der Waals surface area contributed by atoms with E-state index in [-0.39, 0.29) is 0 Å². The SMILES string of the molecule is c1cccc(-c2ccccc2-c2sc(-c3ccc4oc5ccc6ccccc6c5c4c3)c3c2CCC=C3)c#1. The first-order valence-electron chi connectivity index (χ1n) is 13.0. The van der Waals surface area contributed by atoms with E-state index in [0.29, 0.717) is 0 Å². The predicted molar refractivity (Wildman–Crippen MR) is 160 cm³/mol. The third-order valence-corrected chi connectivity index (χ3v) is 8.96. The number of hydrogen-bond acceptors (Lipinski definition) is 2. The molecule has 2 aromatic heterocycles. The minimum Gasteiger partial charge on any atom is -0.456 e. The maximum absolute atomic E-state index is 6.29. The monoisotopic (exact) mass is 502 g/mol. The van der Waals surface area contributed by atoms with E-state index in [1.165, 1.54) is 59.1 Å². The first kappa shape index (κ1) is 21.5. The number of fused-ring (bicyclic) bond motifs is 6. The Bertz CT molecular complexity index is 2020. The fourth-order valence-corrected chi connectivity index (χ4v) is 7.25. The van der Waals surface area contributed by atoms with Gasteiger partial charge in [0.25, 0.3) is 0 Å². The highest BCUT2D eigenvalue weighted by molar-refractivity contribution is 7.19. The van der Waals surface area contributed by atoms with Gasteiger partial charge in [-0.25, -0.2) is 0 Å². The van der Waals surface area contributed by atoms with Crippen molar-refractivity contribution in [3.63, 3.8) is 0 Å². The highest BCUT2D eigenvalue weighted by Gasteiger charge is 2.23. The summed E-state index contributed by atoms with van der Waals surface area (Å²) in [6.45, 7) is 0. The zero-order valence-corrected chi connectivity index (χ0v) is 21.4. The van der Waals surface area contributed by atoms with Crippen LogP contribution in [-0.4, -0.2) is 0 Å². The summed E-state index contributed by atoms with van der Waals surface area (Å²) in [7, 11) is 0. The molecule has 7 aromatic rings. The van der Waals surface area contributed by atoms with Crippen molar-refractivity contribution in [1.82, 2.24) is 0 Å². The van der Waals surface area contributed by atoms with E-state index in [9.17, 15) is 0 Å². The molecule has 1 aliphatic carbocycles. The molecule has 0 unspecified atom stereocenters. The number of rotatable bonds is 3. The van der Waals surface area contributed by atoms with Crippen molar-refractivity contribution >= 4 is 50.1 Å². The Kier molecular flexibility index (Phi) is 4.80. The summed E-state index contributed by atoms with van der Waals surface area (Å²) in [6, 6.07) is 40.7. The normalized spacial score (nSPS) is 12.7. The molecule has 38 heavy (non-hydrogen) atoms. The van der Waals surface area contributed by atoms with Gasteiger partial charge in [0, 0.05) is 31.7 Å². The lowest BCUT2D eigenvalue weighted by Gasteiger charge is -2.12. The van der Waals surface area contributed by atoms with Crippen LogP contribution in [0.25, 0.3) is 70.8 Å². The molecule has 0 saturated heterocycles. The van der Waals surface area contributed by atoms with Crippen LogP contribution in [0.5, 0.6) is 0 Å². The molecule has 178 valence electrons. The fourth-order valence-electron chi connectivity index (χ4n) is 5.88. The van der Waals surface area contributed by atoms with Gasteiger partial charge in [0.2, 0.25) is 0 Å². The lowest BCUT2D eigenvalue weighted by Crippen LogP contribution is -1.93. The van der Waals surface area contributed by atoms with E-state index in [0.717, 1.165) is 29.6 Å². The van der Waals surface area contributed by atoms with Crippen LogP contribution in [0.1, 0.15) is 17.5 Å². The molecule has 5 aromatic carbocycles. The summed E-state index contributed by atoms with van der Waals surface area (Å²) in [5.74, 6) is 0. The Balaban J connectivity index is 1.37. The summed E-state index contributed by atoms with van der Waals surface area (Å²) >= 11 is 1.90. The average Bonchev–Trinajstić information content (AvgIpc) is 3.56. The van der Waals surface area contributed by atoms with Gasteiger partial charge < -0.3 is 4.42 Å². The van der Waals surface area contributed by atoms with E-state index >= 15 is 0 Å². The van der Waals surface area contributed by atoms with Crippen LogP contribution in [0.2, 0.25) is 0 Å². The van der Waals surface area contributed by atoms with Gasteiger partial charge in [-0.05, 0) is 82.3 Å². The summed E-state index contributed by atoms with van der Waals surface area (Å²) in [6.07, 6.45) is 6.76. The summed E-state index contributed by atoms with van der Waals surface area (Å²) < 4.78 is 6.29. The number of benzene rings is 4.